The van der Waals surface area contributed by atoms with Crippen molar-refractivity contribution < 1.29 is 24.4 Å². The van der Waals surface area contributed by atoms with E-state index in [4.69, 9.17) is 19.2 Å². The third-order valence-electron chi connectivity index (χ3n) is 8.77. The maximum atomic E-state index is 11.2. The Kier molecular flexibility index (Phi) is 7.28. The monoisotopic (exact) mass is 572 g/mol. The first-order chi connectivity index (χ1) is 19.9. The molecule has 1 aliphatic carbocycles. The van der Waals surface area contributed by atoms with Crippen molar-refractivity contribution >= 4 is 16.9 Å². The van der Waals surface area contributed by atoms with Gasteiger partial charge < -0.3 is 29.7 Å². The predicted octanol–water partition coefficient (Wildman–Crippen LogP) is 6.62. The maximum Gasteiger partial charge on any atom is 0.200 e. The molecule has 0 radical (unpaired) electrons. The van der Waals surface area contributed by atoms with Crippen molar-refractivity contribution in [3.8, 4) is 28.7 Å². The van der Waals surface area contributed by atoms with Crippen LogP contribution in [0, 0.1) is 17.8 Å². The summed E-state index contributed by atoms with van der Waals surface area (Å²) in [4.78, 5) is 5.24. The van der Waals surface area contributed by atoms with Crippen LogP contribution in [0.1, 0.15) is 48.4 Å². The van der Waals surface area contributed by atoms with Crippen LogP contribution >= 0.6 is 11.8 Å². The van der Waals surface area contributed by atoms with Gasteiger partial charge in [-0.25, -0.2) is 0 Å². The lowest BCUT2D eigenvalue weighted by Gasteiger charge is -2.59. The summed E-state index contributed by atoms with van der Waals surface area (Å²) in [6.07, 6.45) is 3.66. The third-order valence-corrected chi connectivity index (χ3v) is 9.66. The van der Waals surface area contributed by atoms with Crippen molar-refractivity contribution in [1.82, 2.24) is 5.32 Å². The lowest BCUT2D eigenvalue weighted by Crippen LogP contribution is -2.70. The highest BCUT2D eigenvalue weighted by Crippen LogP contribution is 2.61. The van der Waals surface area contributed by atoms with Gasteiger partial charge in [-0.15, -0.1) is 6.58 Å². The molecule has 3 aromatic rings. The smallest absolute Gasteiger partial charge is 0.200 e. The largest absolute Gasteiger partial charge is 0.504 e. The van der Waals surface area contributed by atoms with Crippen molar-refractivity contribution in [2.45, 2.75) is 37.5 Å². The molecule has 1 spiro atoms. The van der Waals surface area contributed by atoms with E-state index in [1.807, 2.05) is 36.4 Å². The second-order valence-electron chi connectivity index (χ2n) is 11.2. The van der Waals surface area contributed by atoms with E-state index >= 15 is 0 Å². The first kappa shape index (κ1) is 27.4. The van der Waals surface area contributed by atoms with E-state index in [0.717, 1.165) is 46.2 Å². The molecule has 6 rings (SSSR count). The third kappa shape index (κ3) is 4.68. The van der Waals surface area contributed by atoms with Gasteiger partial charge in [-0.2, -0.15) is 0 Å². The van der Waals surface area contributed by atoms with Gasteiger partial charge in [-0.1, -0.05) is 55.1 Å². The van der Waals surface area contributed by atoms with Gasteiger partial charge in [-0.05, 0) is 60.2 Å². The summed E-state index contributed by atoms with van der Waals surface area (Å²) in [6.45, 7) is 6.21. The molecule has 3 aliphatic rings. The van der Waals surface area contributed by atoms with Crippen LogP contribution in [0.3, 0.4) is 0 Å². The van der Waals surface area contributed by atoms with Crippen molar-refractivity contribution in [1.29, 1.82) is 0 Å². The number of aromatic hydroxyl groups is 2. The van der Waals surface area contributed by atoms with Gasteiger partial charge in [0.05, 0.1) is 20.3 Å². The summed E-state index contributed by atoms with van der Waals surface area (Å²) in [5, 5.41) is 26.3. The Morgan fingerprint density at radius 1 is 0.976 bits per heavy atom. The molecule has 41 heavy (non-hydrogen) atoms. The Morgan fingerprint density at radius 3 is 2.24 bits per heavy atom. The zero-order chi connectivity index (χ0) is 28.7. The minimum Gasteiger partial charge on any atom is -0.504 e. The second kappa shape index (κ2) is 10.9. The van der Waals surface area contributed by atoms with Gasteiger partial charge in [-0.3, -0.25) is 4.99 Å². The predicted molar refractivity (Wildman–Crippen MR) is 162 cm³/mol. The number of phenols is 2. The van der Waals surface area contributed by atoms with Crippen LogP contribution < -0.4 is 19.5 Å². The van der Waals surface area contributed by atoms with Crippen molar-refractivity contribution in [2.75, 3.05) is 20.0 Å². The molecule has 0 bridgehead atoms. The van der Waals surface area contributed by atoms with Gasteiger partial charge in [0.1, 0.15) is 11.5 Å². The van der Waals surface area contributed by atoms with E-state index in [1.165, 1.54) is 0 Å². The number of hydrogen-bond donors (Lipinski definition) is 3. The van der Waals surface area contributed by atoms with Gasteiger partial charge in [0, 0.05) is 29.1 Å². The number of phenolic OH excluding ortho intramolecular Hbond substituents is 2. The molecule has 7 nitrogen and oxygen atoms in total. The van der Waals surface area contributed by atoms with Gasteiger partial charge in [0.2, 0.25) is 5.75 Å². The Morgan fingerprint density at radius 2 is 1.61 bits per heavy atom. The molecule has 0 amide bonds. The number of nitrogens with zero attached hydrogens (tertiary/aromatic N) is 1. The van der Waals surface area contributed by atoms with E-state index in [1.54, 1.807) is 32.0 Å². The van der Waals surface area contributed by atoms with Crippen LogP contribution in [-0.4, -0.2) is 41.1 Å². The lowest BCUT2D eigenvalue weighted by molar-refractivity contribution is -0.127. The van der Waals surface area contributed by atoms with Crippen molar-refractivity contribution in [3.05, 3.63) is 90.0 Å². The Labute approximate surface area is 245 Å². The number of amidine groups is 1. The molecule has 2 heterocycles. The summed E-state index contributed by atoms with van der Waals surface area (Å²) < 4.78 is 17.9. The van der Waals surface area contributed by atoms with Gasteiger partial charge >= 0.3 is 0 Å². The quantitative estimate of drug-likeness (QED) is 0.226. The average molecular weight is 573 g/mol. The molecule has 0 aromatic heterocycles. The summed E-state index contributed by atoms with van der Waals surface area (Å²) >= 11 is 1.59. The van der Waals surface area contributed by atoms with Crippen molar-refractivity contribution in [3.63, 3.8) is 0 Å². The van der Waals surface area contributed by atoms with Gasteiger partial charge in [0.25, 0.3) is 0 Å². The average Bonchev–Trinajstić information content (AvgIpc) is 3.00. The number of hydrogen-bond acceptors (Lipinski definition) is 8. The topological polar surface area (TPSA) is 92.5 Å². The Hall–Kier alpha value is -3.78. The van der Waals surface area contributed by atoms with Crippen LogP contribution in [0.25, 0.3) is 0 Å². The molecular weight excluding hydrogens is 536 g/mol. The van der Waals surface area contributed by atoms with E-state index in [9.17, 15) is 10.2 Å². The van der Waals surface area contributed by atoms with Crippen LogP contribution in [0.15, 0.2) is 78.3 Å². The Bertz CT molecular complexity index is 1460. The summed E-state index contributed by atoms with van der Waals surface area (Å²) in [5.41, 5.74) is 2.16. The molecule has 0 unspecified atom stereocenters. The molecule has 3 N–H and O–H groups in total. The van der Waals surface area contributed by atoms with Crippen molar-refractivity contribution in [2.24, 2.45) is 22.7 Å². The fourth-order valence-electron chi connectivity index (χ4n) is 6.97. The summed E-state index contributed by atoms with van der Waals surface area (Å²) in [5.74, 6) is 2.41. The normalized spacial score (nSPS) is 28.1. The SMILES string of the molecule is C=CCSC1=N[C@@H](c2ccc(OC)cc2)[C@H]2C[C@@H](C)C[C@@H]3[C@@H](c4ccc(OC)cc4)c4ccc(O)c(O)c4O[C@]32N1. The molecule has 1 fully saturated rings. The summed E-state index contributed by atoms with van der Waals surface area (Å²) in [6, 6.07) is 19.5. The first-order valence-electron chi connectivity index (χ1n) is 14.0. The molecule has 2 aliphatic heterocycles. The number of thioether (sulfide) groups is 1. The number of ether oxygens (including phenoxy) is 3. The molecule has 8 heteroatoms. The number of methoxy groups -OCH3 is 2. The number of aliphatic imine (C=N–C) groups is 1. The van der Waals surface area contributed by atoms with E-state index in [0.29, 0.717) is 17.4 Å². The standard InChI is InChI=1S/C33H36N2O5S/c1-5-16-41-32-34-29(21-8-12-23(39-4)13-9-21)26-18-19(2)17-25-28(20-6-10-22(38-3)11-7-20)24-14-15-27(36)30(37)31(24)40-33(25,26)35-32/h5-15,19,25-26,28-29,36-37H,1,16-18H2,2-4H3,(H,34,35)/t19-,25+,26+,28-,29-,33+/m0/s1. The highest BCUT2D eigenvalue weighted by atomic mass is 32.2. The maximum absolute atomic E-state index is 11.2. The highest BCUT2D eigenvalue weighted by Gasteiger charge is 2.62. The summed E-state index contributed by atoms with van der Waals surface area (Å²) in [7, 11) is 3.33. The minimum atomic E-state index is -0.884. The first-order valence-corrected chi connectivity index (χ1v) is 15.0. The van der Waals surface area contributed by atoms with Crippen LogP contribution in [0.2, 0.25) is 0 Å². The fraction of sp³-hybridized carbons (Fsp3) is 0.364. The molecule has 0 saturated heterocycles. The molecular formula is C33H36N2O5S. The second-order valence-corrected chi connectivity index (χ2v) is 12.2. The molecule has 1 saturated carbocycles. The number of rotatable bonds is 6. The van der Waals surface area contributed by atoms with E-state index < -0.39 is 5.72 Å². The van der Waals surface area contributed by atoms with Crippen LogP contribution in [0.4, 0.5) is 0 Å². The highest BCUT2D eigenvalue weighted by molar-refractivity contribution is 8.13. The zero-order valence-corrected chi connectivity index (χ0v) is 24.4. The number of benzene rings is 3. The fourth-order valence-corrected chi connectivity index (χ4v) is 7.67. The Balaban J connectivity index is 1.56. The van der Waals surface area contributed by atoms with Gasteiger partial charge in [0.15, 0.2) is 22.4 Å². The van der Waals surface area contributed by atoms with E-state index in [-0.39, 0.29) is 35.3 Å². The zero-order valence-electron chi connectivity index (χ0n) is 23.5. The number of nitrogens with one attached hydrogen (secondary N) is 1. The number of fused-ring (bicyclic) bond motifs is 1. The lowest BCUT2D eigenvalue weighted by atomic mass is 9.58. The molecule has 6 atom stereocenters. The molecule has 214 valence electrons. The minimum absolute atomic E-state index is 0.0108. The van der Waals surface area contributed by atoms with Crippen LogP contribution in [0.5, 0.6) is 28.7 Å². The van der Waals surface area contributed by atoms with E-state index in [2.05, 4.69) is 43.1 Å². The van der Waals surface area contributed by atoms with Crippen LogP contribution in [-0.2, 0) is 0 Å². The molecule has 3 aromatic carbocycles.